The van der Waals surface area contributed by atoms with Gasteiger partial charge in [-0.3, -0.25) is 0 Å². The van der Waals surface area contributed by atoms with Crippen molar-refractivity contribution in [3.8, 4) is 0 Å². The zero-order valence-electron chi connectivity index (χ0n) is 6.66. The average Bonchev–Trinajstić information content (AvgIpc) is 2.04. The minimum atomic E-state index is -0.314. The molecule has 1 unspecified atom stereocenters. The van der Waals surface area contributed by atoms with Crippen LogP contribution in [0, 0.1) is 0 Å². The van der Waals surface area contributed by atoms with Crippen molar-refractivity contribution >= 4 is 12.6 Å². The second-order valence-corrected chi connectivity index (χ2v) is 2.60. The molecule has 0 aliphatic rings. The van der Waals surface area contributed by atoms with Gasteiger partial charge in [-0.2, -0.15) is 0 Å². The third-order valence-electron chi connectivity index (χ3n) is 1.53. The van der Waals surface area contributed by atoms with Gasteiger partial charge < -0.3 is 15.3 Å². The Bertz CT molecular complexity index is 115. The van der Waals surface area contributed by atoms with Gasteiger partial charge in [0.25, 0.3) is 0 Å². The molecule has 0 radical (unpaired) electrons. The second-order valence-electron chi connectivity index (χ2n) is 2.60. The zero-order valence-corrected chi connectivity index (χ0v) is 6.66. The summed E-state index contributed by atoms with van der Waals surface area (Å²) in [5, 5.41) is 0. The highest BCUT2D eigenvalue weighted by atomic mass is 16.1. The van der Waals surface area contributed by atoms with Gasteiger partial charge in [0, 0.05) is 6.42 Å². The van der Waals surface area contributed by atoms with E-state index in [9.17, 15) is 9.59 Å². The van der Waals surface area contributed by atoms with Crippen LogP contribution in [0.25, 0.3) is 0 Å². The first-order chi connectivity index (χ1) is 5.31. The Balaban J connectivity index is 3.01. The molecule has 0 spiro atoms. The molecule has 0 heterocycles. The summed E-state index contributed by atoms with van der Waals surface area (Å²) >= 11 is 0. The topological polar surface area (TPSA) is 60.2 Å². The molecule has 0 rings (SSSR count). The molecule has 0 amide bonds. The highest BCUT2D eigenvalue weighted by molar-refractivity contribution is 5.56. The standard InChI is InChI=1S/C8H15NO2/c9-8(7-11)5-3-1-2-4-6-10/h6-8H,1-5,9H2. The van der Waals surface area contributed by atoms with E-state index in [-0.39, 0.29) is 6.04 Å². The van der Waals surface area contributed by atoms with Gasteiger partial charge in [-0.15, -0.1) is 0 Å². The molecule has 0 aliphatic carbocycles. The molecule has 64 valence electrons. The first-order valence-electron chi connectivity index (χ1n) is 3.95. The number of nitrogens with two attached hydrogens (primary N) is 1. The van der Waals surface area contributed by atoms with Crippen LogP contribution in [0.3, 0.4) is 0 Å². The molecule has 0 aromatic carbocycles. The van der Waals surface area contributed by atoms with E-state index in [2.05, 4.69) is 0 Å². The molecule has 1 atom stereocenters. The summed E-state index contributed by atoms with van der Waals surface area (Å²) in [6, 6.07) is -0.314. The average molecular weight is 157 g/mol. The lowest BCUT2D eigenvalue weighted by atomic mass is 10.1. The van der Waals surface area contributed by atoms with E-state index in [0.29, 0.717) is 6.42 Å². The van der Waals surface area contributed by atoms with Crippen LogP contribution in [0.1, 0.15) is 32.1 Å². The fraction of sp³-hybridized carbons (Fsp3) is 0.750. The van der Waals surface area contributed by atoms with Crippen LogP contribution in [0.5, 0.6) is 0 Å². The molecular formula is C8H15NO2. The monoisotopic (exact) mass is 157 g/mol. The molecule has 3 nitrogen and oxygen atoms in total. The van der Waals surface area contributed by atoms with Gasteiger partial charge in [-0.05, 0) is 12.8 Å². The van der Waals surface area contributed by atoms with Crippen LogP contribution in [0.4, 0.5) is 0 Å². The summed E-state index contributed by atoms with van der Waals surface area (Å²) in [5.41, 5.74) is 5.35. The van der Waals surface area contributed by atoms with Crippen molar-refractivity contribution in [3.05, 3.63) is 0 Å². The van der Waals surface area contributed by atoms with Crippen molar-refractivity contribution in [1.82, 2.24) is 0 Å². The van der Waals surface area contributed by atoms with E-state index >= 15 is 0 Å². The number of aldehydes is 2. The van der Waals surface area contributed by atoms with Crippen molar-refractivity contribution in [2.75, 3.05) is 0 Å². The molecule has 0 aliphatic heterocycles. The first kappa shape index (κ1) is 10.3. The molecule has 11 heavy (non-hydrogen) atoms. The highest BCUT2D eigenvalue weighted by Gasteiger charge is 1.97. The normalized spacial score (nSPS) is 12.5. The summed E-state index contributed by atoms with van der Waals surface area (Å²) in [5.74, 6) is 0. The van der Waals surface area contributed by atoms with E-state index in [1.807, 2.05) is 0 Å². The second kappa shape index (κ2) is 7.41. The number of unbranched alkanes of at least 4 members (excludes halogenated alkanes) is 3. The van der Waals surface area contributed by atoms with E-state index in [4.69, 9.17) is 5.73 Å². The van der Waals surface area contributed by atoms with E-state index < -0.39 is 0 Å². The molecule has 2 N–H and O–H groups in total. The Morgan fingerprint density at radius 3 is 2.45 bits per heavy atom. The molecule has 0 aromatic heterocycles. The molecule has 3 heteroatoms. The maximum absolute atomic E-state index is 10.0. The number of hydrogen-bond acceptors (Lipinski definition) is 3. The number of hydrogen-bond donors (Lipinski definition) is 1. The lowest BCUT2D eigenvalue weighted by Gasteiger charge is -2.01. The third-order valence-corrected chi connectivity index (χ3v) is 1.53. The summed E-state index contributed by atoms with van der Waals surface area (Å²) in [6.07, 6.45) is 5.88. The number of rotatable bonds is 7. The van der Waals surface area contributed by atoms with Crippen molar-refractivity contribution in [3.63, 3.8) is 0 Å². The third kappa shape index (κ3) is 7.19. The fourth-order valence-corrected chi connectivity index (χ4v) is 0.853. The predicted molar refractivity (Wildman–Crippen MR) is 43.2 cm³/mol. The van der Waals surface area contributed by atoms with Gasteiger partial charge in [0.05, 0.1) is 6.04 Å². The lowest BCUT2D eigenvalue weighted by Crippen LogP contribution is -2.20. The van der Waals surface area contributed by atoms with Gasteiger partial charge >= 0.3 is 0 Å². The summed E-state index contributed by atoms with van der Waals surface area (Å²) in [4.78, 5) is 19.9. The summed E-state index contributed by atoms with van der Waals surface area (Å²) in [6.45, 7) is 0. The Hall–Kier alpha value is -0.700. The van der Waals surface area contributed by atoms with Crippen LogP contribution in [0.2, 0.25) is 0 Å². The first-order valence-corrected chi connectivity index (χ1v) is 3.95. The Labute approximate surface area is 67.0 Å². The summed E-state index contributed by atoms with van der Waals surface area (Å²) < 4.78 is 0. The molecule has 0 saturated carbocycles. The van der Waals surface area contributed by atoms with Crippen LogP contribution in [-0.2, 0) is 9.59 Å². The van der Waals surface area contributed by atoms with E-state index in [1.54, 1.807) is 0 Å². The minimum absolute atomic E-state index is 0.314. The van der Waals surface area contributed by atoms with Gasteiger partial charge in [0.1, 0.15) is 12.6 Å². The quantitative estimate of drug-likeness (QED) is 0.436. The van der Waals surface area contributed by atoms with Crippen LogP contribution in [-0.4, -0.2) is 18.6 Å². The van der Waals surface area contributed by atoms with Crippen molar-refractivity contribution in [2.24, 2.45) is 5.73 Å². The molecule has 0 aromatic rings. The molecule has 0 fully saturated rings. The lowest BCUT2D eigenvalue weighted by molar-refractivity contribution is -0.109. The van der Waals surface area contributed by atoms with Crippen LogP contribution in [0.15, 0.2) is 0 Å². The Kier molecular flexibility index (Phi) is 6.94. The van der Waals surface area contributed by atoms with Gasteiger partial charge in [0.15, 0.2) is 0 Å². The van der Waals surface area contributed by atoms with Crippen molar-refractivity contribution < 1.29 is 9.59 Å². The maximum atomic E-state index is 10.0. The van der Waals surface area contributed by atoms with E-state index in [0.717, 1.165) is 38.3 Å². The molecule has 0 saturated heterocycles. The predicted octanol–water partition coefficient (Wildman–Crippen LogP) is 0.662. The molecule has 0 bridgehead atoms. The van der Waals surface area contributed by atoms with Crippen LogP contribution < -0.4 is 5.73 Å². The van der Waals surface area contributed by atoms with Gasteiger partial charge in [0.2, 0.25) is 0 Å². The van der Waals surface area contributed by atoms with Gasteiger partial charge in [-0.25, -0.2) is 0 Å². The molecular weight excluding hydrogens is 142 g/mol. The van der Waals surface area contributed by atoms with Gasteiger partial charge in [-0.1, -0.05) is 12.8 Å². The maximum Gasteiger partial charge on any atom is 0.136 e. The van der Waals surface area contributed by atoms with Crippen molar-refractivity contribution in [2.45, 2.75) is 38.1 Å². The smallest absolute Gasteiger partial charge is 0.136 e. The van der Waals surface area contributed by atoms with Crippen LogP contribution >= 0.6 is 0 Å². The number of carbonyl (C=O) groups is 2. The SMILES string of the molecule is NC(C=O)CCCCCC=O. The minimum Gasteiger partial charge on any atom is -0.322 e. The van der Waals surface area contributed by atoms with E-state index in [1.165, 1.54) is 0 Å². The number of carbonyl (C=O) groups excluding carboxylic acids is 2. The largest absolute Gasteiger partial charge is 0.322 e. The van der Waals surface area contributed by atoms with Crippen molar-refractivity contribution in [1.29, 1.82) is 0 Å². The fourth-order valence-electron chi connectivity index (χ4n) is 0.853. The Morgan fingerprint density at radius 2 is 1.91 bits per heavy atom. The summed E-state index contributed by atoms with van der Waals surface area (Å²) in [7, 11) is 0. The highest BCUT2D eigenvalue weighted by Crippen LogP contribution is 2.02. The zero-order chi connectivity index (χ0) is 8.53. The Morgan fingerprint density at radius 1 is 1.18 bits per heavy atom.